The van der Waals surface area contributed by atoms with Crippen molar-refractivity contribution in [1.82, 2.24) is 20.5 Å². The normalized spacial score (nSPS) is 16.7. The van der Waals surface area contributed by atoms with Crippen LogP contribution in [0.25, 0.3) is 10.7 Å². The molecule has 0 spiro atoms. The molecule has 2 amide bonds. The van der Waals surface area contributed by atoms with Gasteiger partial charge in [0, 0.05) is 26.0 Å². The molecule has 2 aromatic rings. The zero-order chi connectivity index (χ0) is 17.3. The van der Waals surface area contributed by atoms with Crippen molar-refractivity contribution >= 4 is 22.5 Å². The molecule has 1 fully saturated rings. The van der Waals surface area contributed by atoms with Gasteiger partial charge in [-0.25, -0.2) is 4.79 Å². The molecule has 25 heavy (non-hydrogen) atoms. The molecule has 1 aliphatic heterocycles. The summed E-state index contributed by atoms with van der Waals surface area (Å²) in [6.45, 7) is 2.60. The first-order valence-electron chi connectivity index (χ1n) is 8.30. The third-order valence-electron chi connectivity index (χ3n) is 3.61. The van der Waals surface area contributed by atoms with Crippen LogP contribution in [-0.4, -0.2) is 53.7 Å². The van der Waals surface area contributed by atoms with Crippen LogP contribution in [0.2, 0.25) is 0 Å². The van der Waals surface area contributed by atoms with Crippen molar-refractivity contribution in [2.75, 3.05) is 31.7 Å². The lowest BCUT2D eigenvalue weighted by molar-refractivity contribution is 0.0168. The molecule has 1 aliphatic rings. The molecule has 2 N–H and O–H groups in total. The highest BCUT2D eigenvalue weighted by Gasteiger charge is 2.15. The van der Waals surface area contributed by atoms with Gasteiger partial charge in [-0.1, -0.05) is 17.4 Å². The number of carbonyl (C=O) groups is 1. The second-order valence-corrected chi connectivity index (χ2v) is 6.55. The number of urea groups is 1. The molecular weight excluding hydrogens is 342 g/mol. The number of nitrogens with zero attached hydrogens (tertiary/aromatic N) is 3. The number of aromatic nitrogens is 3. The summed E-state index contributed by atoms with van der Waals surface area (Å²) in [6.07, 6.45) is 4.86. The van der Waals surface area contributed by atoms with Gasteiger partial charge in [-0.15, -0.1) is 10.2 Å². The molecule has 1 unspecified atom stereocenters. The van der Waals surface area contributed by atoms with E-state index in [0.717, 1.165) is 31.6 Å². The van der Waals surface area contributed by atoms with Crippen molar-refractivity contribution in [1.29, 1.82) is 0 Å². The summed E-state index contributed by atoms with van der Waals surface area (Å²) in [6, 6.07) is 5.26. The Bertz CT molecular complexity index is 661. The minimum Gasteiger partial charge on any atom is -0.379 e. The molecule has 0 aromatic carbocycles. The zero-order valence-electron chi connectivity index (χ0n) is 13.8. The van der Waals surface area contributed by atoms with E-state index in [0.29, 0.717) is 29.9 Å². The SMILES string of the molecule is O=C(NCCCOCC1CCCO1)Nc1nnc(-c2ccccn2)s1. The van der Waals surface area contributed by atoms with Gasteiger partial charge in [0.05, 0.1) is 12.7 Å². The Morgan fingerprint density at radius 3 is 3.16 bits per heavy atom. The van der Waals surface area contributed by atoms with Crippen LogP contribution in [0.5, 0.6) is 0 Å². The number of rotatable bonds is 8. The number of nitrogens with one attached hydrogen (secondary N) is 2. The van der Waals surface area contributed by atoms with Crippen LogP contribution in [0.1, 0.15) is 19.3 Å². The number of ether oxygens (including phenoxy) is 2. The van der Waals surface area contributed by atoms with Crippen molar-refractivity contribution in [2.45, 2.75) is 25.4 Å². The Morgan fingerprint density at radius 2 is 2.36 bits per heavy atom. The van der Waals surface area contributed by atoms with Crippen molar-refractivity contribution < 1.29 is 14.3 Å². The van der Waals surface area contributed by atoms with E-state index in [-0.39, 0.29) is 12.1 Å². The highest BCUT2D eigenvalue weighted by Crippen LogP contribution is 2.24. The molecule has 1 saturated heterocycles. The maximum absolute atomic E-state index is 11.8. The lowest BCUT2D eigenvalue weighted by Gasteiger charge is -2.10. The fourth-order valence-electron chi connectivity index (χ4n) is 2.37. The summed E-state index contributed by atoms with van der Waals surface area (Å²) in [5.41, 5.74) is 0.733. The second kappa shape index (κ2) is 9.40. The minimum atomic E-state index is -0.303. The summed E-state index contributed by atoms with van der Waals surface area (Å²) in [7, 11) is 0. The topological polar surface area (TPSA) is 98.3 Å². The number of hydrogen-bond donors (Lipinski definition) is 2. The third-order valence-corrected chi connectivity index (χ3v) is 4.47. The first kappa shape index (κ1) is 17.7. The van der Waals surface area contributed by atoms with Crippen molar-refractivity contribution in [3.05, 3.63) is 24.4 Å². The van der Waals surface area contributed by atoms with Gasteiger partial charge in [0.15, 0.2) is 5.01 Å². The fraction of sp³-hybridized carbons (Fsp3) is 0.500. The third kappa shape index (κ3) is 5.73. The molecule has 134 valence electrons. The molecular formula is C16H21N5O3S. The quantitative estimate of drug-likeness (QED) is 0.699. The van der Waals surface area contributed by atoms with Gasteiger partial charge in [-0.05, 0) is 31.4 Å². The smallest absolute Gasteiger partial charge is 0.321 e. The van der Waals surface area contributed by atoms with Gasteiger partial charge < -0.3 is 14.8 Å². The van der Waals surface area contributed by atoms with Gasteiger partial charge >= 0.3 is 6.03 Å². The lowest BCUT2D eigenvalue weighted by Crippen LogP contribution is -2.30. The summed E-state index contributed by atoms with van der Waals surface area (Å²) in [4.78, 5) is 16.0. The maximum atomic E-state index is 11.8. The van der Waals surface area contributed by atoms with Crippen LogP contribution < -0.4 is 10.6 Å². The van der Waals surface area contributed by atoms with E-state index in [4.69, 9.17) is 9.47 Å². The molecule has 3 heterocycles. The summed E-state index contributed by atoms with van der Waals surface area (Å²) in [5.74, 6) is 0. The van der Waals surface area contributed by atoms with Crippen LogP contribution in [0.4, 0.5) is 9.93 Å². The Hall–Kier alpha value is -2.10. The molecule has 1 atom stereocenters. The zero-order valence-corrected chi connectivity index (χ0v) is 14.6. The monoisotopic (exact) mass is 363 g/mol. The van der Waals surface area contributed by atoms with Gasteiger partial charge in [0.25, 0.3) is 0 Å². The largest absolute Gasteiger partial charge is 0.379 e. The number of pyridine rings is 1. The number of anilines is 1. The predicted octanol–water partition coefficient (Wildman–Crippen LogP) is 2.31. The van der Waals surface area contributed by atoms with E-state index in [1.54, 1.807) is 6.20 Å². The molecule has 3 rings (SSSR count). The maximum Gasteiger partial charge on any atom is 0.321 e. The van der Waals surface area contributed by atoms with Crippen molar-refractivity contribution in [3.63, 3.8) is 0 Å². The Morgan fingerprint density at radius 1 is 1.40 bits per heavy atom. The average molecular weight is 363 g/mol. The van der Waals surface area contributed by atoms with Gasteiger partial charge in [0.1, 0.15) is 5.69 Å². The lowest BCUT2D eigenvalue weighted by atomic mass is 10.2. The van der Waals surface area contributed by atoms with Crippen LogP contribution >= 0.6 is 11.3 Å². The van der Waals surface area contributed by atoms with Crippen LogP contribution in [0.3, 0.4) is 0 Å². The van der Waals surface area contributed by atoms with E-state index in [1.807, 2.05) is 18.2 Å². The fourth-order valence-corrected chi connectivity index (χ4v) is 3.09. The number of hydrogen-bond acceptors (Lipinski definition) is 7. The first-order valence-corrected chi connectivity index (χ1v) is 9.12. The van der Waals surface area contributed by atoms with E-state index < -0.39 is 0 Å². The van der Waals surface area contributed by atoms with E-state index in [2.05, 4.69) is 25.8 Å². The Balaban J connectivity index is 1.31. The predicted molar refractivity (Wildman–Crippen MR) is 94.6 cm³/mol. The molecule has 9 heteroatoms. The van der Waals surface area contributed by atoms with Crippen molar-refractivity contribution in [2.24, 2.45) is 0 Å². The first-order chi connectivity index (χ1) is 12.3. The number of amides is 2. The molecule has 0 saturated carbocycles. The molecule has 0 radical (unpaired) electrons. The average Bonchev–Trinajstić information content (AvgIpc) is 3.31. The summed E-state index contributed by atoms with van der Waals surface area (Å²) in [5, 5.41) is 14.5. The highest BCUT2D eigenvalue weighted by atomic mass is 32.1. The standard InChI is InChI=1S/C16H21N5O3S/c22-15(18-8-4-9-23-11-12-5-3-10-24-12)19-16-21-20-14(25-16)13-6-1-2-7-17-13/h1-2,6-7,12H,3-5,8-11H2,(H2,18,19,21,22). The summed E-state index contributed by atoms with van der Waals surface area (Å²) >= 11 is 1.28. The number of carbonyl (C=O) groups excluding carboxylic acids is 1. The molecule has 0 bridgehead atoms. The van der Waals surface area contributed by atoms with Gasteiger partial charge in [-0.2, -0.15) is 0 Å². The molecule has 2 aromatic heterocycles. The van der Waals surface area contributed by atoms with Gasteiger partial charge in [-0.3, -0.25) is 10.3 Å². The molecule has 0 aliphatic carbocycles. The van der Waals surface area contributed by atoms with Crippen LogP contribution in [0.15, 0.2) is 24.4 Å². The summed E-state index contributed by atoms with van der Waals surface area (Å²) < 4.78 is 11.0. The molecule has 8 nitrogen and oxygen atoms in total. The second-order valence-electron chi connectivity index (χ2n) is 5.57. The van der Waals surface area contributed by atoms with Gasteiger partial charge in [0.2, 0.25) is 5.13 Å². The van der Waals surface area contributed by atoms with Crippen LogP contribution in [-0.2, 0) is 9.47 Å². The van der Waals surface area contributed by atoms with E-state index in [9.17, 15) is 4.79 Å². The minimum absolute atomic E-state index is 0.238. The Kier molecular flexibility index (Phi) is 6.66. The highest BCUT2D eigenvalue weighted by molar-refractivity contribution is 7.18. The Labute approximate surface area is 150 Å². The van der Waals surface area contributed by atoms with Crippen molar-refractivity contribution in [3.8, 4) is 10.7 Å². The van der Waals surface area contributed by atoms with E-state index in [1.165, 1.54) is 11.3 Å². The van der Waals surface area contributed by atoms with Crippen LogP contribution in [0, 0.1) is 0 Å². The van der Waals surface area contributed by atoms with E-state index >= 15 is 0 Å².